The molecule has 0 atom stereocenters. The molecule has 20 heavy (non-hydrogen) atoms. The lowest BCUT2D eigenvalue weighted by Gasteiger charge is -2.02. The highest BCUT2D eigenvalue weighted by Gasteiger charge is 1.96. The van der Waals surface area contributed by atoms with Crippen molar-refractivity contribution >= 4 is 0 Å². The Kier molecular flexibility index (Phi) is 6.10. The molecule has 0 radical (unpaired) electrons. The van der Waals surface area contributed by atoms with Crippen LogP contribution in [0.2, 0.25) is 0 Å². The maximum atomic E-state index is 2.32. The lowest BCUT2D eigenvalue weighted by atomic mass is 10.0. The van der Waals surface area contributed by atoms with Crippen molar-refractivity contribution in [2.45, 2.75) is 39.0 Å². The van der Waals surface area contributed by atoms with Crippen molar-refractivity contribution in [3.05, 3.63) is 72.3 Å². The first-order chi connectivity index (χ1) is 9.90. The fourth-order valence-corrected chi connectivity index (χ4v) is 2.31. The van der Waals surface area contributed by atoms with Crippen molar-refractivity contribution in [2.24, 2.45) is 0 Å². The van der Waals surface area contributed by atoms with Crippen LogP contribution in [0.3, 0.4) is 0 Å². The summed E-state index contributed by atoms with van der Waals surface area (Å²) < 4.78 is 0. The summed E-state index contributed by atoms with van der Waals surface area (Å²) in [6.45, 7) is 2.25. The molecule has 0 heteroatoms. The van der Waals surface area contributed by atoms with E-state index in [1.165, 1.54) is 42.4 Å². The van der Waals surface area contributed by atoms with Gasteiger partial charge in [-0.2, -0.15) is 0 Å². The van der Waals surface area contributed by atoms with Crippen molar-refractivity contribution < 1.29 is 0 Å². The van der Waals surface area contributed by atoms with Gasteiger partial charge in [0.1, 0.15) is 0 Å². The third-order valence-corrected chi connectivity index (χ3v) is 3.56. The third-order valence-electron chi connectivity index (χ3n) is 3.56. The van der Waals surface area contributed by atoms with Crippen LogP contribution in [0.1, 0.15) is 38.2 Å². The van der Waals surface area contributed by atoms with Crippen LogP contribution in [-0.4, -0.2) is 0 Å². The highest BCUT2D eigenvalue weighted by Crippen LogP contribution is 2.19. The molecule has 0 aliphatic heterocycles. The molecule has 0 amide bonds. The van der Waals surface area contributed by atoms with Crippen LogP contribution in [-0.2, 0) is 6.42 Å². The summed E-state index contributed by atoms with van der Waals surface area (Å²) in [7, 11) is 0. The number of unbranched alkanes of at least 4 members (excludes halogenated alkanes) is 3. The normalized spacial score (nSPS) is 11.1. The molecule has 0 spiro atoms. The van der Waals surface area contributed by atoms with Crippen molar-refractivity contribution in [1.29, 1.82) is 0 Å². The first-order valence-electron chi connectivity index (χ1n) is 7.69. The summed E-state index contributed by atoms with van der Waals surface area (Å²) in [5.41, 5.74) is 3.96. The van der Waals surface area contributed by atoms with Gasteiger partial charge in [-0.3, -0.25) is 0 Å². The fraction of sp³-hybridized carbons (Fsp3) is 0.300. The van der Waals surface area contributed by atoms with Crippen molar-refractivity contribution in [3.8, 4) is 11.1 Å². The predicted octanol–water partition coefficient (Wildman–Crippen LogP) is 6.03. The minimum atomic E-state index is 1.04. The molecule has 0 saturated carbocycles. The van der Waals surface area contributed by atoms with E-state index >= 15 is 0 Å². The average molecular weight is 264 g/mol. The van der Waals surface area contributed by atoms with E-state index in [2.05, 4.69) is 73.7 Å². The molecule has 2 aromatic rings. The summed E-state index contributed by atoms with van der Waals surface area (Å²) in [6, 6.07) is 19.4. The van der Waals surface area contributed by atoms with Gasteiger partial charge in [0.2, 0.25) is 0 Å². The van der Waals surface area contributed by atoms with E-state index in [1.807, 2.05) is 0 Å². The Morgan fingerprint density at radius 3 is 2.15 bits per heavy atom. The van der Waals surface area contributed by atoms with Gasteiger partial charge < -0.3 is 0 Å². The van der Waals surface area contributed by atoms with Crippen LogP contribution in [0.25, 0.3) is 11.1 Å². The number of benzene rings is 2. The predicted molar refractivity (Wildman–Crippen MR) is 88.9 cm³/mol. The van der Waals surface area contributed by atoms with Crippen LogP contribution in [0.4, 0.5) is 0 Å². The second-order valence-corrected chi connectivity index (χ2v) is 5.23. The molecule has 2 rings (SSSR count). The molecule has 0 aliphatic carbocycles. The van der Waals surface area contributed by atoms with Gasteiger partial charge in [-0.1, -0.05) is 86.5 Å². The minimum Gasteiger partial charge on any atom is -0.0882 e. The van der Waals surface area contributed by atoms with Crippen LogP contribution >= 0.6 is 0 Å². The Hall–Kier alpha value is -1.82. The molecule has 104 valence electrons. The van der Waals surface area contributed by atoms with Gasteiger partial charge in [0.05, 0.1) is 0 Å². The van der Waals surface area contributed by atoms with Crippen molar-refractivity contribution in [1.82, 2.24) is 0 Å². The lowest BCUT2D eigenvalue weighted by molar-refractivity contribution is 0.728. The molecule has 0 unspecified atom stereocenters. The van der Waals surface area contributed by atoms with Gasteiger partial charge in [0.15, 0.2) is 0 Å². The van der Waals surface area contributed by atoms with E-state index in [0.717, 1.165) is 6.42 Å². The zero-order chi connectivity index (χ0) is 14.0. The second kappa shape index (κ2) is 8.37. The van der Waals surface area contributed by atoms with Crippen LogP contribution in [0.5, 0.6) is 0 Å². The number of rotatable bonds is 7. The van der Waals surface area contributed by atoms with Crippen LogP contribution in [0.15, 0.2) is 66.7 Å². The van der Waals surface area contributed by atoms with Crippen LogP contribution in [0, 0.1) is 0 Å². The summed E-state index contributed by atoms with van der Waals surface area (Å²) in [6.07, 6.45) is 10.8. The lowest BCUT2D eigenvalue weighted by Crippen LogP contribution is -1.82. The molecule has 0 heterocycles. The highest BCUT2D eigenvalue weighted by atomic mass is 14.0. The Balaban J connectivity index is 1.86. The molecule has 2 aromatic carbocycles. The largest absolute Gasteiger partial charge is 0.0882 e. The average Bonchev–Trinajstić information content (AvgIpc) is 2.52. The molecule has 0 aliphatic rings. The second-order valence-electron chi connectivity index (χ2n) is 5.23. The Bertz CT molecular complexity index is 505. The molecule has 0 saturated heterocycles. The first-order valence-corrected chi connectivity index (χ1v) is 7.69. The highest BCUT2D eigenvalue weighted by molar-refractivity contribution is 5.63. The molecule has 0 nitrogen and oxygen atoms in total. The van der Waals surface area contributed by atoms with Gasteiger partial charge in [-0.25, -0.2) is 0 Å². The summed E-state index contributed by atoms with van der Waals surface area (Å²) in [5, 5.41) is 0. The van der Waals surface area contributed by atoms with Gasteiger partial charge in [0, 0.05) is 0 Å². The summed E-state index contributed by atoms with van der Waals surface area (Å²) in [4.78, 5) is 0. The first kappa shape index (κ1) is 14.6. The molecule has 0 fully saturated rings. The molecule has 0 aromatic heterocycles. The Labute approximate surface area is 123 Å². The van der Waals surface area contributed by atoms with E-state index in [0.29, 0.717) is 0 Å². The number of allylic oxidation sites excluding steroid dienone is 2. The topological polar surface area (TPSA) is 0 Å². The Morgan fingerprint density at radius 2 is 1.45 bits per heavy atom. The van der Waals surface area contributed by atoms with E-state index < -0.39 is 0 Å². The monoisotopic (exact) mass is 264 g/mol. The molecular formula is C20H24. The SMILES string of the molecule is CCCCCC=CCc1ccc(-c2ccccc2)cc1. The molecule has 0 bridgehead atoms. The van der Waals surface area contributed by atoms with Gasteiger partial charge in [0.25, 0.3) is 0 Å². The standard InChI is InChI=1S/C20H24/c1-2-3-4-5-6-8-11-18-14-16-20(17-15-18)19-12-9-7-10-13-19/h6-10,12-17H,2-5,11H2,1H3. The third kappa shape index (κ3) is 4.70. The van der Waals surface area contributed by atoms with E-state index in [-0.39, 0.29) is 0 Å². The van der Waals surface area contributed by atoms with Gasteiger partial charge in [-0.05, 0) is 36.0 Å². The fourth-order valence-electron chi connectivity index (χ4n) is 2.31. The Morgan fingerprint density at radius 1 is 0.750 bits per heavy atom. The van der Waals surface area contributed by atoms with Gasteiger partial charge >= 0.3 is 0 Å². The quantitative estimate of drug-likeness (QED) is 0.423. The molecule has 0 N–H and O–H groups in total. The molecular weight excluding hydrogens is 240 g/mol. The zero-order valence-electron chi connectivity index (χ0n) is 12.4. The van der Waals surface area contributed by atoms with E-state index in [4.69, 9.17) is 0 Å². The van der Waals surface area contributed by atoms with E-state index in [1.54, 1.807) is 0 Å². The smallest absolute Gasteiger partial charge is 0.00974 e. The number of hydrogen-bond donors (Lipinski definition) is 0. The van der Waals surface area contributed by atoms with Crippen molar-refractivity contribution in [2.75, 3.05) is 0 Å². The maximum Gasteiger partial charge on any atom is -0.00974 e. The summed E-state index contributed by atoms with van der Waals surface area (Å²) in [5.74, 6) is 0. The van der Waals surface area contributed by atoms with Crippen molar-refractivity contribution in [3.63, 3.8) is 0 Å². The minimum absolute atomic E-state index is 1.04. The van der Waals surface area contributed by atoms with Crippen LogP contribution < -0.4 is 0 Å². The van der Waals surface area contributed by atoms with E-state index in [9.17, 15) is 0 Å². The zero-order valence-corrected chi connectivity index (χ0v) is 12.4. The number of hydrogen-bond acceptors (Lipinski definition) is 0. The van der Waals surface area contributed by atoms with Gasteiger partial charge in [-0.15, -0.1) is 0 Å². The maximum absolute atomic E-state index is 2.32. The summed E-state index contributed by atoms with van der Waals surface area (Å²) >= 11 is 0.